The molecule has 0 bridgehead atoms. The summed E-state index contributed by atoms with van der Waals surface area (Å²) in [6, 6.07) is 1.91. The van der Waals surface area contributed by atoms with Crippen LogP contribution in [0.5, 0.6) is 11.5 Å². The average molecular weight is 323 g/mol. The van der Waals surface area contributed by atoms with Crippen molar-refractivity contribution in [2.75, 3.05) is 40.5 Å². The zero-order chi connectivity index (χ0) is 16.0. The Bertz CT molecular complexity index is 571. The molecule has 1 aromatic carbocycles. The molecule has 0 unspecified atom stereocenters. The van der Waals surface area contributed by atoms with Crippen molar-refractivity contribution >= 4 is 10.0 Å². The Morgan fingerprint density at radius 2 is 1.57 bits per heavy atom. The molecule has 1 rings (SSSR count). The molecular weight excluding hydrogens is 305 g/mol. The third kappa shape index (κ3) is 3.82. The second-order valence-corrected chi connectivity index (χ2v) is 5.90. The lowest BCUT2D eigenvalue weighted by Crippen LogP contribution is -2.36. The fraction of sp³-hybridized carbons (Fsp3) is 0.500. The van der Waals surface area contributed by atoms with E-state index in [0.29, 0.717) is 0 Å². The van der Waals surface area contributed by atoms with Crippen LogP contribution in [0.25, 0.3) is 0 Å². The van der Waals surface area contributed by atoms with Crippen LogP contribution in [0, 0.1) is 5.82 Å². The Hall–Kier alpha value is -1.42. The lowest BCUT2D eigenvalue weighted by Gasteiger charge is -2.21. The van der Waals surface area contributed by atoms with Crippen molar-refractivity contribution in [1.82, 2.24) is 4.31 Å². The highest BCUT2D eigenvalue weighted by Crippen LogP contribution is 2.33. The molecule has 0 aliphatic rings. The Labute approximate surface area is 122 Å². The lowest BCUT2D eigenvalue weighted by atomic mass is 10.3. The maximum Gasteiger partial charge on any atom is 0.246 e. The van der Waals surface area contributed by atoms with E-state index in [1.165, 1.54) is 14.2 Å². The van der Waals surface area contributed by atoms with Crippen molar-refractivity contribution in [3.05, 3.63) is 17.9 Å². The van der Waals surface area contributed by atoms with Crippen molar-refractivity contribution in [2.45, 2.75) is 4.90 Å². The lowest BCUT2D eigenvalue weighted by molar-refractivity contribution is 0.217. The van der Waals surface area contributed by atoms with E-state index in [9.17, 15) is 12.8 Å². The summed E-state index contributed by atoms with van der Waals surface area (Å²) in [5.41, 5.74) is 0. The monoisotopic (exact) mass is 323 g/mol. The van der Waals surface area contributed by atoms with Crippen LogP contribution >= 0.6 is 0 Å². The third-order valence-electron chi connectivity index (χ3n) is 2.75. The molecule has 0 amide bonds. The second-order valence-electron chi connectivity index (χ2n) is 3.99. The molecule has 0 aliphatic carbocycles. The number of benzene rings is 1. The normalized spacial score (nSPS) is 11.7. The molecule has 0 aromatic heterocycles. The molecule has 7 nitrogen and oxygen atoms in total. The van der Waals surface area contributed by atoms with Gasteiger partial charge >= 0.3 is 0 Å². The van der Waals surface area contributed by atoms with Gasteiger partial charge in [0.05, 0.1) is 27.4 Å². The fourth-order valence-electron chi connectivity index (χ4n) is 1.75. The van der Waals surface area contributed by atoms with Crippen LogP contribution in [0.1, 0.15) is 0 Å². The summed E-state index contributed by atoms with van der Waals surface area (Å²) in [6.45, 7) is -1.41. The minimum atomic E-state index is -4.21. The number of aliphatic hydroxyl groups is 2. The molecule has 21 heavy (non-hydrogen) atoms. The van der Waals surface area contributed by atoms with Gasteiger partial charge in [-0.25, -0.2) is 12.8 Å². The zero-order valence-corrected chi connectivity index (χ0v) is 12.6. The molecule has 0 radical (unpaired) electrons. The number of hydrogen-bond donors (Lipinski definition) is 2. The van der Waals surface area contributed by atoms with Gasteiger partial charge in [0.1, 0.15) is 10.7 Å². The number of rotatable bonds is 8. The predicted molar refractivity (Wildman–Crippen MR) is 72.4 cm³/mol. The number of halogens is 1. The molecule has 9 heteroatoms. The Morgan fingerprint density at radius 1 is 1.10 bits per heavy atom. The first-order chi connectivity index (χ1) is 9.92. The highest BCUT2D eigenvalue weighted by Gasteiger charge is 2.28. The third-order valence-corrected chi connectivity index (χ3v) is 4.67. The van der Waals surface area contributed by atoms with Gasteiger partial charge in [-0.2, -0.15) is 4.31 Å². The van der Waals surface area contributed by atoms with Crippen LogP contribution in [-0.2, 0) is 10.0 Å². The van der Waals surface area contributed by atoms with Gasteiger partial charge in [-0.3, -0.25) is 0 Å². The van der Waals surface area contributed by atoms with Crippen LogP contribution in [0.2, 0.25) is 0 Å². The van der Waals surface area contributed by atoms with E-state index in [-0.39, 0.29) is 24.6 Å². The van der Waals surface area contributed by atoms with E-state index in [1.54, 1.807) is 0 Å². The Kier molecular flexibility index (Phi) is 6.34. The van der Waals surface area contributed by atoms with Crippen LogP contribution < -0.4 is 9.47 Å². The molecule has 2 N–H and O–H groups in total. The number of nitrogens with zero attached hydrogens (tertiary/aromatic N) is 1. The van der Waals surface area contributed by atoms with Crippen molar-refractivity contribution in [3.8, 4) is 11.5 Å². The van der Waals surface area contributed by atoms with E-state index in [1.807, 2.05) is 0 Å². The van der Waals surface area contributed by atoms with Crippen molar-refractivity contribution in [1.29, 1.82) is 0 Å². The van der Waals surface area contributed by atoms with Crippen LogP contribution in [0.3, 0.4) is 0 Å². The summed E-state index contributed by atoms with van der Waals surface area (Å²) in [7, 11) is -1.61. The van der Waals surface area contributed by atoms with E-state index >= 15 is 0 Å². The molecule has 0 spiro atoms. The van der Waals surface area contributed by atoms with Gasteiger partial charge < -0.3 is 19.7 Å². The number of aliphatic hydroxyl groups excluding tert-OH is 2. The van der Waals surface area contributed by atoms with Crippen molar-refractivity contribution < 1.29 is 32.5 Å². The molecule has 0 aliphatic heterocycles. The fourth-order valence-corrected chi connectivity index (χ4v) is 3.23. The number of sulfonamides is 1. The summed E-state index contributed by atoms with van der Waals surface area (Å²) in [6.07, 6.45) is 0. The standard InChI is InChI=1S/C12H18FNO6S/c1-19-10-7-9(13)12(8-11(10)20-2)21(17,18)14(3-5-15)4-6-16/h7-8,15-16H,3-6H2,1-2H3. The van der Waals surface area contributed by atoms with Crippen LogP contribution in [0.4, 0.5) is 4.39 Å². The molecule has 120 valence electrons. The molecule has 0 saturated heterocycles. The minimum Gasteiger partial charge on any atom is -0.493 e. The van der Waals surface area contributed by atoms with E-state index in [0.717, 1.165) is 16.4 Å². The molecule has 0 saturated carbocycles. The van der Waals surface area contributed by atoms with E-state index in [2.05, 4.69) is 0 Å². The van der Waals surface area contributed by atoms with Crippen LogP contribution in [-0.4, -0.2) is 63.5 Å². The SMILES string of the molecule is COc1cc(F)c(S(=O)(=O)N(CCO)CCO)cc1OC. The molecule has 0 atom stereocenters. The second kappa shape index (κ2) is 7.55. The first kappa shape index (κ1) is 17.6. The van der Waals surface area contributed by atoms with Gasteiger partial charge in [0, 0.05) is 25.2 Å². The summed E-state index contributed by atoms with van der Waals surface area (Å²) in [4.78, 5) is -0.609. The van der Waals surface area contributed by atoms with Gasteiger partial charge in [-0.15, -0.1) is 0 Å². The predicted octanol–water partition coefficient (Wildman–Crippen LogP) is -0.182. The minimum absolute atomic E-state index is 0.0600. The maximum absolute atomic E-state index is 14.0. The van der Waals surface area contributed by atoms with Gasteiger partial charge in [-0.05, 0) is 0 Å². The van der Waals surface area contributed by atoms with Crippen molar-refractivity contribution in [2.24, 2.45) is 0 Å². The summed E-state index contributed by atoms with van der Waals surface area (Å²) < 4.78 is 49.4. The first-order valence-corrected chi connectivity index (χ1v) is 7.49. The summed E-state index contributed by atoms with van der Waals surface area (Å²) >= 11 is 0. The average Bonchev–Trinajstić information content (AvgIpc) is 2.46. The quantitative estimate of drug-likeness (QED) is 0.689. The van der Waals surface area contributed by atoms with Gasteiger partial charge in [0.15, 0.2) is 11.5 Å². The first-order valence-electron chi connectivity index (χ1n) is 6.05. The number of hydrogen-bond acceptors (Lipinski definition) is 6. The zero-order valence-electron chi connectivity index (χ0n) is 11.7. The van der Waals surface area contributed by atoms with Gasteiger partial charge in [0.25, 0.3) is 0 Å². The van der Waals surface area contributed by atoms with Gasteiger partial charge in [-0.1, -0.05) is 0 Å². The summed E-state index contributed by atoms with van der Waals surface area (Å²) in [5.74, 6) is -0.885. The maximum atomic E-state index is 14.0. The Morgan fingerprint density at radius 3 is 2.00 bits per heavy atom. The van der Waals surface area contributed by atoms with Gasteiger partial charge in [0.2, 0.25) is 10.0 Å². The largest absolute Gasteiger partial charge is 0.493 e. The topological polar surface area (TPSA) is 96.3 Å². The van der Waals surface area contributed by atoms with Crippen LogP contribution in [0.15, 0.2) is 17.0 Å². The summed E-state index contributed by atoms with van der Waals surface area (Å²) in [5, 5.41) is 17.8. The number of ether oxygens (including phenoxy) is 2. The Balaban J connectivity index is 3.35. The van der Waals surface area contributed by atoms with E-state index < -0.39 is 33.9 Å². The number of methoxy groups -OCH3 is 2. The van der Waals surface area contributed by atoms with Crippen molar-refractivity contribution in [3.63, 3.8) is 0 Å². The van der Waals surface area contributed by atoms with E-state index in [4.69, 9.17) is 19.7 Å². The molecule has 0 fully saturated rings. The molecular formula is C12H18FNO6S. The smallest absolute Gasteiger partial charge is 0.246 e. The molecule has 0 heterocycles. The highest BCUT2D eigenvalue weighted by molar-refractivity contribution is 7.89. The highest BCUT2D eigenvalue weighted by atomic mass is 32.2. The molecule has 1 aromatic rings.